The molecule has 1 heterocycles. The Morgan fingerprint density at radius 3 is 2.75 bits per heavy atom. The van der Waals surface area contributed by atoms with E-state index in [1.54, 1.807) is 0 Å². The lowest BCUT2D eigenvalue weighted by Gasteiger charge is -2.06. The molecule has 1 rings (SSSR count). The predicted octanol–water partition coefficient (Wildman–Crippen LogP) is 2.75. The van der Waals surface area contributed by atoms with Crippen molar-refractivity contribution in [1.29, 1.82) is 0 Å². The van der Waals surface area contributed by atoms with E-state index in [0.29, 0.717) is 5.92 Å². The first-order chi connectivity index (χ1) is 5.59. The molecule has 0 unspecified atom stereocenters. The van der Waals surface area contributed by atoms with E-state index in [-0.39, 0.29) is 0 Å². The van der Waals surface area contributed by atoms with E-state index in [1.807, 2.05) is 13.1 Å². The van der Waals surface area contributed by atoms with Gasteiger partial charge in [-0.15, -0.1) is 0 Å². The fourth-order valence-electron chi connectivity index (χ4n) is 1.03. The lowest BCUT2D eigenvalue weighted by molar-refractivity contribution is 0.629. The van der Waals surface area contributed by atoms with Crippen LogP contribution < -0.4 is 0 Å². The van der Waals surface area contributed by atoms with Crippen molar-refractivity contribution in [2.24, 2.45) is 5.92 Å². The first-order valence-corrected chi connectivity index (χ1v) is 4.87. The second kappa shape index (κ2) is 3.99. The van der Waals surface area contributed by atoms with E-state index in [9.17, 15) is 0 Å². The Bertz CT molecular complexity index is 271. The van der Waals surface area contributed by atoms with Gasteiger partial charge in [0.2, 0.25) is 0 Å². The lowest BCUT2D eigenvalue weighted by Crippen LogP contribution is -2.01. The smallest absolute Gasteiger partial charge is 0.125 e. The minimum absolute atomic E-state index is 0.635. The van der Waals surface area contributed by atoms with Crippen LogP contribution in [0.5, 0.6) is 0 Å². The highest BCUT2D eigenvalue weighted by molar-refractivity contribution is 9.10. The third kappa shape index (κ3) is 2.55. The molecular weight excluding hydrogens is 216 g/mol. The molecule has 0 atom stereocenters. The Balaban J connectivity index is 2.90. The van der Waals surface area contributed by atoms with Gasteiger partial charge < -0.3 is 0 Å². The fraction of sp³-hybridized carbons (Fsp3) is 0.556. The summed E-state index contributed by atoms with van der Waals surface area (Å²) < 4.78 is 1.02. The molecule has 66 valence electrons. The van der Waals surface area contributed by atoms with Gasteiger partial charge in [0.15, 0.2) is 0 Å². The van der Waals surface area contributed by atoms with Crippen LogP contribution in [-0.2, 0) is 6.42 Å². The Morgan fingerprint density at radius 2 is 2.17 bits per heavy atom. The summed E-state index contributed by atoms with van der Waals surface area (Å²) in [7, 11) is 0. The monoisotopic (exact) mass is 228 g/mol. The molecule has 2 nitrogen and oxygen atoms in total. The van der Waals surface area contributed by atoms with E-state index in [2.05, 4.69) is 39.7 Å². The lowest BCUT2D eigenvalue weighted by atomic mass is 10.1. The van der Waals surface area contributed by atoms with Gasteiger partial charge in [-0.2, -0.15) is 0 Å². The van der Waals surface area contributed by atoms with Crippen LogP contribution in [0.1, 0.15) is 25.4 Å². The summed E-state index contributed by atoms with van der Waals surface area (Å²) in [6, 6.07) is 0. The van der Waals surface area contributed by atoms with Gasteiger partial charge in [0.05, 0.1) is 10.2 Å². The van der Waals surface area contributed by atoms with Crippen LogP contribution in [0.2, 0.25) is 0 Å². The third-order valence-corrected chi connectivity index (χ3v) is 2.20. The van der Waals surface area contributed by atoms with E-state index in [1.165, 1.54) is 0 Å². The van der Waals surface area contributed by atoms with Crippen LogP contribution in [0, 0.1) is 12.8 Å². The third-order valence-electron chi connectivity index (χ3n) is 1.54. The summed E-state index contributed by atoms with van der Waals surface area (Å²) in [5.41, 5.74) is 1.11. The number of halogens is 1. The van der Waals surface area contributed by atoms with Gasteiger partial charge in [0.1, 0.15) is 5.82 Å². The molecule has 0 saturated heterocycles. The number of aromatic nitrogens is 2. The highest BCUT2D eigenvalue weighted by atomic mass is 79.9. The number of nitrogens with zero attached hydrogens (tertiary/aromatic N) is 2. The normalized spacial score (nSPS) is 10.8. The van der Waals surface area contributed by atoms with Gasteiger partial charge in [-0.3, -0.25) is 0 Å². The molecule has 0 bridgehead atoms. The largest absolute Gasteiger partial charge is 0.240 e. The highest BCUT2D eigenvalue weighted by Crippen LogP contribution is 2.16. The van der Waals surface area contributed by atoms with E-state index in [0.717, 1.165) is 22.4 Å². The molecule has 1 aromatic rings. The zero-order valence-corrected chi connectivity index (χ0v) is 9.22. The zero-order chi connectivity index (χ0) is 9.14. The molecule has 12 heavy (non-hydrogen) atoms. The van der Waals surface area contributed by atoms with Crippen LogP contribution in [0.3, 0.4) is 0 Å². The molecule has 0 spiro atoms. The average molecular weight is 229 g/mol. The van der Waals surface area contributed by atoms with Crippen LogP contribution in [-0.4, -0.2) is 9.97 Å². The minimum atomic E-state index is 0.635. The van der Waals surface area contributed by atoms with E-state index >= 15 is 0 Å². The molecule has 1 aromatic heterocycles. The Morgan fingerprint density at radius 1 is 1.50 bits per heavy atom. The van der Waals surface area contributed by atoms with Gasteiger partial charge in [-0.1, -0.05) is 13.8 Å². The topological polar surface area (TPSA) is 25.8 Å². The number of rotatable bonds is 2. The predicted molar refractivity (Wildman–Crippen MR) is 53.0 cm³/mol. The van der Waals surface area contributed by atoms with Gasteiger partial charge in [0, 0.05) is 6.20 Å². The summed E-state index contributed by atoms with van der Waals surface area (Å²) in [6.07, 6.45) is 2.82. The van der Waals surface area contributed by atoms with Crippen molar-refractivity contribution in [2.45, 2.75) is 27.2 Å². The van der Waals surface area contributed by atoms with Gasteiger partial charge in [-0.05, 0) is 35.2 Å². The molecule has 0 amide bonds. The molecular formula is C9H13BrN2. The summed E-state index contributed by atoms with van der Waals surface area (Å²) in [4.78, 5) is 8.44. The molecule has 0 fully saturated rings. The van der Waals surface area contributed by atoms with Crippen LogP contribution in [0.25, 0.3) is 0 Å². The molecule has 0 radical (unpaired) electrons. The summed E-state index contributed by atoms with van der Waals surface area (Å²) in [5, 5.41) is 0. The Labute approximate surface area is 81.6 Å². The Hall–Kier alpha value is -0.440. The molecule has 0 aliphatic carbocycles. The number of hydrogen-bond acceptors (Lipinski definition) is 2. The van der Waals surface area contributed by atoms with Crippen LogP contribution >= 0.6 is 15.9 Å². The van der Waals surface area contributed by atoms with Crippen molar-refractivity contribution >= 4 is 15.9 Å². The second-order valence-electron chi connectivity index (χ2n) is 3.31. The van der Waals surface area contributed by atoms with E-state index in [4.69, 9.17) is 0 Å². The van der Waals surface area contributed by atoms with Crippen molar-refractivity contribution in [3.63, 3.8) is 0 Å². The van der Waals surface area contributed by atoms with Crippen LogP contribution in [0.15, 0.2) is 10.7 Å². The first-order valence-electron chi connectivity index (χ1n) is 4.07. The maximum absolute atomic E-state index is 4.35. The summed E-state index contributed by atoms with van der Waals surface area (Å²) >= 11 is 3.43. The van der Waals surface area contributed by atoms with Gasteiger partial charge >= 0.3 is 0 Å². The average Bonchev–Trinajstić information content (AvgIpc) is 1.96. The molecule has 0 aliphatic rings. The maximum Gasteiger partial charge on any atom is 0.125 e. The SMILES string of the molecule is Cc1ncc(Br)c(CC(C)C)n1. The Kier molecular flexibility index (Phi) is 3.20. The molecule has 0 saturated carbocycles. The molecule has 3 heteroatoms. The molecule has 0 aromatic carbocycles. The maximum atomic E-state index is 4.35. The zero-order valence-electron chi connectivity index (χ0n) is 7.63. The molecule has 0 aliphatic heterocycles. The van der Waals surface area contributed by atoms with Crippen molar-refractivity contribution in [1.82, 2.24) is 9.97 Å². The van der Waals surface area contributed by atoms with Crippen molar-refractivity contribution < 1.29 is 0 Å². The molecule has 0 N–H and O–H groups in total. The van der Waals surface area contributed by atoms with E-state index < -0.39 is 0 Å². The first kappa shape index (κ1) is 9.65. The summed E-state index contributed by atoms with van der Waals surface area (Å²) in [6.45, 7) is 6.28. The standard InChI is InChI=1S/C9H13BrN2/c1-6(2)4-9-8(10)5-11-7(3)12-9/h5-6H,4H2,1-3H3. The van der Waals surface area contributed by atoms with Crippen molar-refractivity contribution in [3.8, 4) is 0 Å². The summed E-state index contributed by atoms with van der Waals surface area (Å²) in [5.74, 6) is 1.48. The fourth-order valence-corrected chi connectivity index (χ4v) is 1.38. The second-order valence-corrected chi connectivity index (χ2v) is 4.16. The quantitative estimate of drug-likeness (QED) is 0.779. The minimum Gasteiger partial charge on any atom is -0.240 e. The number of aryl methyl sites for hydroxylation is 1. The van der Waals surface area contributed by atoms with Crippen molar-refractivity contribution in [3.05, 3.63) is 22.2 Å². The van der Waals surface area contributed by atoms with Gasteiger partial charge in [0.25, 0.3) is 0 Å². The van der Waals surface area contributed by atoms with Crippen LogP contribution in [0.4, 0.5) is 0 Å². The van der Waals surface area contributed by atoms with Crippen molar-refractivity contribution in [2.75, 3.05) is 0 Å². The highest BCUT2D eigenvalue weighted by Gasteiger charge is 2.04. The van der Waals surface area contributed by atoms with Gasteiger partial charge in [-0.25, -0.2) is 9.97 Å². The number of hydrogen-bond donors (Lipinski definition) is 0.